The average molecular weight is 397 g/mol. The van der Waals surface area contributed by atoms with E-state index >= 15 is 0 Å². The van der Waals surface area contributed by atoms with Crippen molar-refractivity contribution in [2.45, 2.75) is 50.5 Å². The van der Waals surface area contributed by atoms with E-state index in [1.807, 2.05) is 19.1 Å². The predicted octanol–water partition coefficient (Wildman–Crippen LogP) is 2.58. The Kier molecular flexibility index (Phi) is 10.4. The fourth-order valence-corrected chi connectivity index (χ4v) is 3.89. The van der Waals surface area contributed by atoms with Gasteiger partial charge in [0.1, 0.15) is 0 Å². The topological polar surface area (TPSA) is 73.8 Å². The van der Waals surface area contributed by atoms with Gasteiger partial charge in [0, 0.05) is 26.4 Å². The Morgan fingerprint density at radius 2 is 1.74 bits per heavy atom. The van der Waals surface area contributed by atoms with Crippen LogP contribution in [0.3, 0.4) is 0 Å². The summed E-state index contributed by atoms with van der Waals surface area (Å²) in [7, 11) is 2.82. The third-order valence-electron chi connectivity index (χ3n) is 4.40. The minimum absolute atomic E-state index is 0.388. The predicted molar refractivity (Wildman–Crippen MR) is 114 cm³/mol. The molecule has 0 bridgehead atoms. The molecule has 154 valence electrons. The van der Waals surface area contributed by atoms with Crippen molar-refractivity contribution in [1.29, 1.82) is 0 Å². The van der Waals surface area contributed by atoms with Gasteiger partial charge in [0.15, 0.2) is 15.8 Å². The van der Waals surface area contributed by atoms with Gasteiger partial charge in [-0.25, -0.2) is 8.42 Å². The lowest BCUT2D eigenvalue weighted by atomic mass is 10.1. The molecule has 0 heterocycles. The molecule has 0 spiro atoms. The summed E-state index contributed by atoms with van der Waals surface area (Å²) in [5.41, 5.74) is 1.80. The maximum atomic E-state index is 11.7. The smallest absolute Gasteiger partial charge is 0.191 e. The van der Waals surface area contributed by atoms with Crippen LogP contribution >= 0.6 is 0 Å². The van der Waals surface area contributed by atoms with Crippen LogP contribution < -0.4 is 10.6 Å². The number of aryl methyl sites for hydroxylation is 1. The molecule has 0 unspecified atom stereocenters. The van der Waals surface area contributed by atoms with E-state index in [1.54, 1.807) is 13.1 Å². The highest BCUT2D eigenvalue weighted by molar-refractivity contribution is 7.90. The first kappa shape index (κ1) is 23.4. The van der Waals surface area contributed by atoms with Gasteiger partial charge in [-0.1, -0.05) is 31.4 Å². The van der Waals surface area contributed by atoms with Gasteiger partial charge < -0.3 is 15.5 Å². The summed E-state index contributed by atoms with van der Waals surface area (Å²) in [6, 6.07) is 5.43. The fraction of sp³-hybridized carbons (Fsp3) is 0.650. The summed E-state index contributed by atoms with van der Waals surface area (Å²) in [4.78, 5) is 6.86. The molecule has 0 radical (unpaired) electrons. The molecular formula is C20H36N4O2S. The fourth-order valence-electron chi connectivity index (χ4n) is 2.93. The molecule has 0 fully saturated rings. The first-order valence-electron chi connectivity index (χ1n) is 9.63. The van der Waals surface area contributed by atoms with Gasteiger partial charge in [0.2, 0.25) is 0 Å². The lowest BCUT2D eigenvalue weighted by Gasteiger charge is -2.13. The van der Waals surface area contributed by atoms with E-state index in [0.717, 1.165) is 30.1 Å². The largest absolute Gasteiger partial charge is 0.356 e. The standard InChI is InChI=1S/C20H36N4O2S/c1-17-15-18(11-12-19(17)27(5,25)26)16-23-20(21-2)22-13-9-7-6-8-10-14-24(3)4/h11-12,15H,6-10,13-14,16H2,1-5H3,(H2,21,22,23). The third kappa shape index (κ3) is 9.77. The van der Waals surface area contributed by atoms with Crippen LogP contribution in [0.1, 0.15) is 43.2 Å². The zero-order valence-corrected chi connectivity index (χ0v) is 18.3. The number of unbranched alkanes of at least 4 members (excludes halogenated alkanes) is 4. The van der Waals surface area contributed by atoms with Crippen molar-refractivity contribution in [3.63, 3.8) is 0 Å². The second-order valence-corrected chi connectivity index (χ2v) is 9.28. The summed E-state index contributed by atoms with van der Waals surface area (Å²) < 4.78 is 23.4. The number of nitrogens with one attached hydrogen (secondary N) is 2. The average Bonchev–Trinajstić information content (AvgIpc) is 2.58. The minimum Gasteiger partial charge on any atom is -0.356 e. The second kappa shape index (κ2) is 12.0. The molecule has 0 aliphatic heterocycles. The molecule has 1 aromatic carbocycles. The van der Waals surface area contributed by atoms with E-state index in [0.29, 0.717) is 11.4 Å². The normalized spacial score (nSPS) is 12.4. The van der Waals surface area contributed by atoms with E-state index in [-0.39, 0.29) is 0 Å². The molecule has 7 heteroatoms. The zero-order valence-electron chi connectivity index (χ0n) is 17.5. The maximum absolute atomic E-state index is 11.7. The van der Waals surface area contributed by atoms with Crippen LogP contribution in [0.2, 0.25) is 0 Å². The Labute approximate surface area is 165 Å². The summed E-state index contributed by atoms with van der Waals surface area (Å²) in [6.45, 7) is 4.50. The SMILES string of the molecule is CN=C(NCCCCCCCN(C)C)NCc1ccc(S(C)(=O)=O)c(C)c1. The van der Waals surface area contributed by atoms with Gasteiger partial charge in [-0.2, -0.15) is 0 Å². The van der Waals surface area contributed by atoms with Crippen molar-refractivity contribution >= 4 is 15.8 Å². The molecular weight excluding hydrogens is 360 g/mol. The van der Waals surface area contributed by atoms with E-state index in [4.69, 9.17) is 0 Å². The van der Waals surface area contributed by atoms with Crippen molar-refractivity contribution in [3.05, 3.63) is 29.3 Å². The Morgan fingerprint density at radius 3 is 2.33 bits per heavy atom. The van der Waals surface area contributed by atoms with Gasteiger partial charge in [-0.15, -0.1) is 0 Å². The molecule has 0 aliphatic carbocycles. The summed E-state index contributed by atoms with van der Waals surface area (Å²) in [5.74, 6) is 0.771. The number of benzene rings is 1. The lowest BCUT2D eigenvalue weighted by molar-refractivity contribution is 0.389. The Hall–Kier alpha value is -1.60. The van der Waals surface area contributed by atoms with Gasteiger partial charge >= 0.3 is 0 Å². The minimum atomic E-state index is -3.17. The number of aliphatic imine (C=N–C) groups is 1. The first-order chi connectivity index (χ1) is 12.7. The van der Waals surface area contributed by atoms with Gasteiger partial charge in [0.05, 0.1) is 4.90 Å². The van der Waals surface area contributed by atoms with Crippen molar-refractivity contribution in [1.82, 2.24) is 15.5 Å². The highest BCUT2D eigenvalue weighted by Crippen LogP contribution is 2.16. The molecule has 0 aromatic heterocycles. The van der Waals surface area contributed by atoms with Crippen LogP contribution in [-0.2, 0) is 16.4 Å². The van der Waals surface area contributed by atoms with Crippen molar-refractivity contribution in [2.24, 2.45) is 4.99 Å². The molecule has 1 aromatic rings. The van der Waals surface area contributed by atoms with Crippen LogP contribution in [0.4, 0.5) is 0 Å². The number of guanidine groups is 1. The molecule has 0 saturated carbocycles. The molecule has 0 amide bonds. The van der Waals surface area contributed by atoms with Crippen LogP contribution in [0.5, 0.6) is 0 Å². The maximum Gasteiger partial charge on any atom is 0.191 e. The third-order valence-corrected chi connectivity index (χ3v) is 5.65. The number of nitrogens with zero attached hydrogens (tertiary/aromatic N) is 2. The molecule has 27 heavy (non-hydrogen) atoms. The Morgan fingerprint density at radius 1 is 1.07 bits per heavy atom. The van der Waals surface area contributed by atoms with Crippen molar-refractivity contribution in [2.75, 3.05) is 40.5 Å². The second-order valence-electron chi connectivity index (χ2n) is 7.30. The van der Waals surface area contributed by atoms with Crippen molar-refractivity contribution < 1.29 is 8.42 Å². The van der Waals surface area contributed by atoms with E-state index in [1.165, 1.54) is 38.5 Å². The highest BCUT2D eigenvalue weighted by atomic mass is 32.2. The molecule has 2 N–H and O–H groups in total. The van der Waals surface area contributed by atoms with Gasteiger partial charge in [-0.3, -0.25) is 4.99 Å². The molecule has 1 rings (SSSR count). The summed E-state index contributed by atoms with van der Waals surface area (Å²) >= 11 is 0. The number of hydrogen-bond acceptors (Lipinski definition) is 4. The number of hydrogen-bond donors (Lipinski definition) is 2. The molecule has 0 atom stereocenters. The quantitative estimate of drug-likeness (QED) is 0.342. The summed E-state index contributed by atoms with van der Waals surface area (Å²) in [6.07, 6.45) is 7.42. The number of sulfone groups is 1. The Bertz CT molecular complexity index is 700. The van der Waals surface area contributed by atoms with E-state index in [9.17, 15) is 8.42 Å². The summed E-state index contributed by atoms with van der Waals surface area (Å²) in [5, 5.41) is 6.61. The van der Waals surface area contributed by atoms with Crippen LogP contribution in [0, 0.1) is 6.92 Å². The molecule has 0 saturated heterocycles. The molecule has 6 nitrogen and oxygen atoms in total. The zero-order chi connectivity index (χ0) is 20.3. The monoisotopic (exact) mass is 396 g/mol. The first-order valence-corrected chi connectivity index (χ1v) is 11.5. The van der Waals surface area contributed by atoms with Crippen LogP contribution in [0.15, 0.2) is 28.1 Å². The molecule has 0 aliphatic rings. The highest BCUT2D eigenvalue weighted by Gasteiger charge is 2.10. The van der Waals surface area contributed by atoms with Gasteiger partial charge in [-0.05, 0) is 57.6 Å². The van der Waals surface area contributed by atoms with Crippen LogP contribution in [-0.4, -0.2) is 59.8 Å². The van der Waals surface area contributed by atoms with Crippen LogP contribution in [0.25, 0.3) is 0 Å². The van der Waals surface area contributed by atoms with Gasteiger partial charge in [0.25, 0.3) is 0 Å². The number of rotatable bonds is 11. The Balaban J connectivity index is 2.30. The van der Waals surface area contributed by atoms with E-state index in [2.05, 4.69) is 34.6 Å². The lowest BCUT2D eigenvalue weighted by Crippen LogP contribution is -2.37. The van der Waals surface area contributed by atoms with Crippen molar-refractivity contribution in [3.8, 4) is 0 Å². The van der Waals surface area contributed by atoms with E-state index < -0.39 is 9.84 Å².